The number of hydrogen-bond donors (Lipinski definition) is 2. The van der Waals surface area contributed by atoms with Crippen LogP contribution in [0.1, 0.15) is 18.9 Å². The van der Waals surface area contributed by atoms with Gasteiger partial charge in [-0.1, -0.05) is 12.1 Å². The van der Waals surface area contributed by atoms with E-state index >= 15 is 0 Å². The molecule has 3 rings (SSSR count). The van der Waals surface area contributed by atoms with Gasteiger partial charge in [0.15, 0.2) is 11.5 Å². The molecule has 0 spiro atoms. The Hall–Kier alpha value is -3.20. The standard InChI is InChI=1S/C19H19N3O3/c1-13(19(23)22-16-6-3-2-5-14(16)12-20)21-15-7-8-17-18(11-15)25-10-4-9-24-17/h2-3,5-8,11,13,21H,4,9-10H2,1H3,(H,22,23)/t13-/m1/s1. The van der Waals surface area contributed by atoms with Crippen molar-refractivity contribution >= 4 is 17.3 Å². The normalized spacial score (nSPS) is 13.9. The van der Waals surface area contributed by atoms with E-state index < -0.39 is 6.04 Å². The lowest BCUT2D eigenvalue weighted by molar-refractivity contribution is -0.116. The average molecular weight is 337 g/mol. The first-order valence-corrected chi connectivity index (χ1v) is 8.13. The molecule has 2 N–H and O–H groups in total. The lowest BCUT2D eigenvalue weighted by atomic mass is 10.2. The Balaban J connectivity index is 1.67. The van der Waals surface area contributed by atoms with Crippen LogP contribution in [0.5, 0.6) is 11.5 Å². The number of rotatable bonds is 4. The Kier molecular flexibility index (Phi) is 5.05. The first kappa shape index (κ1) is 16.7. The van der Waals surface area contributed by atoms with Crippen LogP contribution in [0.3, 0.4) is 0 Å². The van der Waals surface area contributed by atoms with Gasteiger partial charge in [0, 0.05) is 18.2 Å². The minimum absolute atomic E-state index is 0.227. The molecule has 6 nitrogen and oxygen atoms in total. The van der Waals surface area contributed by atoms with Crippen molar-refractivity contribution in [3.8, 4) is 17.6 Å². The first-order chi connectivity index (χ1) is 12.2. The highest BCUT2D eigenvalue weighted by molar-refractivity contribution is 5.97. The molecule has 0 bridgehead atoms. The van der Waals surface area contributed by atoms with E-state index in [0.29, 0.717) is 36.0 Å². The van der Waals surface area contributed by atoms with Crippen molar-refractivity contribution in [2.75, 3.05) is 23.8 Å². The molecule has 1 heterocycles. The van der Waals surface area contributed by atoms with Crippen LogP contribution in [0.15, 0.2) is 42.5 Å². The lowest BCUT2D eigenvalue weighted by Crippen LogP contribution is -2.32. The summed E-state index contributed by atoms with van der Waals surface area (Å²) in [5.41, 5.74) is 1.70. The molecule has 0 unspecified atom stereocenters. The maximum Gasteiger partial charge on any atom is 0.246 e. The van der Waals surface area contributed by atoms with Gasteiger partial charge >= 0.3 is 0 Å². The summed E-state index contributed by atoms with van der Waals surface area (Å²) in [5.74, 6) is 1.16. The zero-order valence-corrected chi connectivity index (χ0v) is 13.9. The summed E-state index contributed by atoms with van der Waals surface area (Å²) >= 11 is 0. The fourth-order valence-corrected chi connectivity index (χ4v) is 2.50. The van der Waals surface area contributed by atoms with E-state index in [2.05, 4.69) is 16.7 Å². The Morgan fingerprint density at radius 3 is 2.72 bits per heavy atom. The molecule has 25 heavy (non-hydrogen) atoms. The zero-order chi connectivity index (χ0) is 17.6. The third kappa shape index (κ3) is 4.01. The molecule has 1 aliphatic rings. The number of ether oxygens (including phenoxy) is 2. The number of nitrogens with zero attached hydrogens (tertiary/aromatic N) is 1. The van der Waals surface area contributed by atoms with Gasteiger partial charge in [-0.25, -0.2) is 0 Å². The van der Waals surface area contributed by atoms with Crippen molar-refractivity contribution < 1.29 is 14.3 Å². The van der Waals surface area contributed by atoms with Gasteiger partial charge in [0.2, 0.25) is 5.91 Å². The fraction of sp³-hybridized carbons (Fsp3) is 0.263. The average Bonchev–Trinajstić information content (AvgIpc) is 2.87. The highest BCUT2D eigenvalue weighted by atomic mass is 16.5. The number of nitrogens with one attached hydrogen (secondary N) is 2. The largest absolute Gasteiger partial charge is 0.490 e. The third-order valence-corrected chi connectivity index (χ3v) is 3.83. The third-order valence-electron chi connectivity index (χ3n) is 3.83. The van der Waals surface area contributed by atoms with E-state index in [9.17, 15) is 4.79 Å². The second kappa shape index (κ2) is 7.58. The van der Waals surface area contributed by atoms with Crippen LogP contribution in [-0.4, -0.2) is 25.2 Å². The maximum absolute atomic E-state index is 12.4. The molecule has 1 aliphatic heterocycles. The van der Waals surface area contributed by atoms with E-state index in [-0.39, 0.29) is 5.91 Å². The van der Waals surface area contributed by atoms with E-state index in [1.165, 1.54) is 0 Å². The molecule has 6 heteroatoms. The number of carbonyl (C=O) groups excluding carboxylic acids is 1. The number of benzene rings is 2. The van der Waals surface area contributed by atoms with Gasteiger partial charge in [0.05, 0.1) is 24.5 Å². The molecule has 0 radical (unpaired) electrons. The van der Waals surface area contributed by atoms with Crippen molar-refractivity contribution in [3.05, 3.63) is 48.0 Å². The number of fused-ring (bicyclic) bond motifs is 1. The fourth-order valence-electron chi connectivity index (χ4n) is 2.50. The van der Waals surface area contributed by atoms with Gasteiger partial charge in [-0.2, -0.15) is 5.26 Å². The van der Waals surface area contributed by atoms with Gasteiger partial charge in [0.1, 0.15) is 12.1 Å². The van der Waals surface area contributed by atoms with Crippen molar-refractivity contribution in [1.82, 2.24) is 0 Å². The van der Waals surface area contributed by atoms with E-state index in [0.717, 1.165) is 12.1 Å². The first-order valence-electron chi connectivity index (χ1n) is 8.13. The van der Waals surface area contributed by atoms with Gasteiger partial charge in [-0.3, -0.25) is 4.79 Å². The predicted molar refractivity (Wildman–Crippen MR) is 94.9 cm³/mol. The van der Waals surface area contributed by atoms with Crippen LogP contribution >= 0.6 is 0 Å². The molecule has 0 saturated carbocycles. The number of amides is 1. The monoisotopic (exact) mass is 337 g/mol. The molecule has 1 amide bonds. The summed E-state index contributed by atoms with van der Waals surface area (Å²) in [6.07, 6.45) is 0.842. The molecule has 2 aromatic carbocycles. The topological polar surface area (TPSA) is 83.4 Å². The summed E-state index contributed by atoms with van der Waals surface area (Å²) < 4.78 is 11.3. The molecule has 0 aromatic heterocycles. The van der Waals surface area contributed by atoms with Gasteiger partial charge in [0.25, 0.3) is 0 Å². The predicted octanol–water partition coefficient (Wildman–Crippen LogP) is 3.16. The summed E-state index contributed by atoms with van der Waals surface area (Å²) in [7, 11) is 0. The summed E-state index contributed by atoms with van der Waals surface area (Å²) in [6, 6.07) is 14.0. The van der Waals surface area contributed by atoms with Crippen molar-refractivity contribution in [3.63, 3.8) is 0 Å². The number of hydrogen-bond acceptors (Lipinski definition) is 5. The Morgan fingerprint density at radius 2 is 1.92 bits per heavy atom. The van der Waals surface area contributed by atoms with Crippen LogP contribution in [0.2, 0.25) is 0 Å². The Labute approximate surface area is 146 Å². The minimum atomic E-state index is -0.489. The van der Waals surface area contributed by atoms with E-state index in [4.69, 9.17) is 14.7 Å². The SMILES string of the molecule is C[C@@H](Nc1ccc2c(c1)OCCCO2)C(=O)Nc1ccccc1C#N. The highest BCUT2D eigenvalue weighted by Gasteiger charge is 2.16. The van der Waals surface area contributed by atoms with Crippen LogP contribution in [0.25, 0.3) is 0 Å². The molecule has 2 aromatic rings. The maximum atomic E-state index is 12.4. The van der Waals surface area contributed by atoms with Crippen molar-refractivity contribution in [2.24, 2.45) is 0 Å². The highest BCUT2D eigenvalue weighted by Crippen LogP contribution is 2.32. The molecule has 0 fully saturated rings. The Bertz CT molecular complexity index is 814. The molecule has 1 atom stereocenters. The smallest absolute Gasteiger partial charge is 0.246 e. The second-order valence-corrected chi connectivity index (χ2v) is 5.72. The van der Waals surface area contributed by atoms with E-state index in [1.54, 1.807) is 31.2 Å². The number of nitriles is 1. The molecular formula is C19H19N3O3. The van der Waals surface area contributed by atoms with Crippen LogP contribution in [0.4, 0.5) is 11.4 Å². The summed E-state index contributed by atoms with van der Waals surface area (Å²) in [5, 5.41) is 15.0. The minimum Gasteiger partial charge on any atom is -0.490 e. The van der Waals surface area contributed by atoms with Crippen LogP contribution in [-0.2, 0) is 4.79 Å². The number of carbonyl (C=O) groups is 1. The number of anilines is 2. The Morgan fingerprint density at radius 1 is 1.16 bits per heavy atom. The van der Waals surface area contributed by atoms with Gasteiger partial charge < -0.3 is 20.1 Å². The molecule has 128 valence electrons. The summed E-state index contributed by atoms with van der Waals surface area (Å²) in [4.78, 5) is 12.4. The lowest BCUT2D eigenvalue weighted by Gasteiger charge is -2.17. The van der Waals surface area contributed by atoms with Gasteiger partial charge in [-0.05, 0) is 31.2 Å². The quantitative estimate of drug-likeness (QED) is 0.895. The summed E-state index contributed by atoms with van der Waals surface area (Å²) in [6.45, 7) is 3.00. The molecular weight excluding hydrogens is 318 g/mol. The van der Waals surface area contributed by atoms with E-state index in [1.807, 2.05) is 18.2 Å². The molecule has 0 saturated heterocycles. The van der Waals surface area contributed by atoms with Crippen molar-refractivity contribution in [2.45, 2.75) is 19.4 Å². The van der Waals surface area contributed by atoms with Gasteiger partial charge in [-0.15, -0.1) is 0 Å². The number of para-hydroxylation sites is 1. The van der Waals surface area contributed by atoms with Crippen LogP contribution < -0.4 is 20.1 Å². The van der Waals surface area contributed by atoms with Crippen molar-refractivity contribution in [1.29, 1.82) is 5.26 Å². The second-order valence-electron chi connectivity index (χ2n) is 5.72. The van der Waals surface area contributed by atoms with Crippen LogP contribution in [0, 0.1) is 11.3 Å². The zero-order valence-electron chi connectivity index (χ0n) is 13.9. The molecule has 0 aliphatic carbocycles.